The molecule has 1 amide bonds. The molecule has 0 saturated heterocycles. The van der Waals surface area contributed by atoms with E-state index in [0.29, 0.717) is 17.8 Å². The number of nitrogens with zero attached hydrogens (tertiary/aromatic N) is 1. The average Bonchev–Trinajstić information content (AvgIpc) is 2.45. The molecule has 1 aliphatic heterocycles. The maximum atomic E-state index is 11.3. The van der Waals surface area contributed by atoms with E-state index in [2.05, 4.69) is 16.6 Å². The SMILES string of the molecule is C#CCC(CC)Nc1cc2c(cc1[N+](=O)[O-])OCC(=O)N2. The lowest BCUT2D eigenvalue weighted by Crippen LogP contribution is -2.26. The third kappa shape index (κ3) is 3.23. The van der Waals surface area contributed by atoms with Gasteiger partial charge in [-0.25, -0.2) is 0 Å². The maximum absolute atomic E-state index is 11.3. The Balaban J connectivity index is 2.38. The summed E-state index contributed by atoms with van der Waals surface area (Å²) < 4.78 is 5.18. The Bertz CT molecular complexity index is 621. The second-order valence-corrected chi connectivity index (χ2v) is 4.62. The summed E-state index contributed by atoms with van der Waals surface area (Å²) in [4.78, 5) is 22.0. The summed E-state index contributed by atoms with van der Waals surface area (Å²) in [6.45, 7) is 1.79. The van der Waals surface area contributed by atoms with Crippen molar-refractivity contribution in [3.05, 3.63) is 22.2 Å². The molecule has 1 aromatic rings. The molecule has 1 aromatic carbocycles. The van der Waals surface area contributed by atoms with Crippen molar-refractivity contribution in [2.75, 3.05) is 17.2 Å². The van der Waals surface area contributed by atoms with Crippen LogP contribution < -0.4 is 15.4 Å². The summed E-state index contributed by atoms with van der Waals surface area (Å²) in [7, 11) is 0. The Labute approximate surface area is 121 Å². The smallest absolute Gasteiger partial charge is 0.296 e. The van der Waals surface area contributed by atoms with Crippen molar-refractivity contribution < 1.29 is 14.5 Å². The summed E-state index contributed by atoms with van der Waals surface area (Å²) in [5.74, 6) is 2.53. The number of nitro groups is 1. The summed E-state index contributed by atoms with van der Waals surface area (Å²) in [6, 6.07) is 2.73. The first-order valence-electron chi connectivity index (χ1n) is 6.50. The van der Waals surface area contributed by atoms with Gasteiger partial charge in [-0.05, 0) is 12.5 Å². The Kier molecular flexibility index (Phi) is 4.28. The molecule has 21 heavy (non-hydrogen) atoms. The number of anilines is 2. The van der Waals surface area contributed by atoms with Gasteiger partial charge in [0.1, 0.15) is 5.69 Å². The molecule has 2 rings (SSSR count). The van der Waals surface area contributed by atoms with Crippen molar-refractivity contribution in [2.45, 2.75) is 25.8 Å². The van der Waals surface area contributed by atoms with E-state index in [9.17, 15) is 14.9 Å². The summed E-state index contributed by atoms with van der Waals surface area (Å²) >= 11 is 0. The molecule has 0 saturated carbocycles. The molecule has 1 atom stereocenters. The summed E-state index contributed by atoms with van der Waals surface area (Å²) in [6.07, 6.45) is 6.46. The van der Waals surface area contributed by atoms with Crippen LogP contribution in [0.3, 0.4) is 0 Å². The van der Waals surface area contributed by atoms with Gasteiger partial charge in [0.25, 0.3) is 11.6 Å². The zero-order valence-electron chi connectivity index (χ0n) is 11.5. The van der Waals surface area contributed by atoms with Crippen LogP contribution in [0.2, 0.25) is 0 Å². The van der Waals surface area contributed by atoms with E-state index in [0.717, 1.165) is 6.42 Å². The Hall–Kier alpha value is -2.75. The molecule has 1 heterocycles. The quantitative estimate of drug-likeness (QED) is 0.492. The number of nitro benzene ring substituents is 1. The van der Waals surface area contributed by atoms with Crippen molar-refractivity contribution in [2.24, 2.45) is 0 Å². The zero-order valence-corrected chi connectivity index (χ0v) is 11.5. The van der Waals surface area contributed by atoms with Crippen LogP contribution in [0.25, 0.3) is 0 Å². The van der Waals surface area contributed by atoms with Gasteiger partial charge in [0, 0.05) is 12.5 Å². The van der Waals surface area contributed by atoms with E-state index in [4.69, 9.17) is 11.2 Å². The number of terminal acetylenes is 1. The van der Waals surface area contributed by atoms with Crippen molar-refractivity contribution >= 4 is 23.0 Å². The molecular weight excluding hydrogens is 274 g/mol. The molecular formula is C14H15N3O4. The van der Waals surface area contributed by atoms with Crippen LogP contribution in [-0.2, 0) is 4.79 Å². The second kappa shape index (κ2) is 6.13. The minimum atomic E-state index is -0.495. The second-order valence-electron chi connectivity index (χ2n) is 4.62. The van der Waals surface area contributed by atoms with Crippen LogP contribution in [0.5, 0.6) is 5.75 Å². The molecule has 1 unspecified atom stereocenters. The molecule has 0 aromatic heterocycles. The number of rotatable bonds is 5. The van der Waals surface area contributed by atoms with E-state index in [1.165, 1.54) is 12.1 Å². The Morgan fingerprint density at radius 3 is 3.00 bits per heavy atom. The van der Waals surface area contributed by atoms with E-state index >= 15 is 0 Å². The van der Waals surface area contributed by atoms with E-state index in [-0.39, 0.29) is 30.0 Å². The highest BCUT2D eigenvalue weighted by Gasteiger charge is 2.24. The van der Waals surface area contributed by atoms with E-state index in [1.807, 2.05) is 6.92 Å². The number of hydrogen-bond donors (Lipinski definition) is 2. The number of carbonyl (C=O) groups is 1. The highest BCUT2D eigenvalue weighted by Crippen LogP contribution is 2.38. The van der Waals surface area contributed by atoms with Crippen LogP contribution in [0.15, 0.2) is 12.1 Å². The lowest BCUT2D eigenvalue weighted by Gasteiger charge is -2.21. The molecule has 0 spiro atoms. The van der Waals surface area contributed by atoms with E-state index in [1.54, 1.807) is 0 Å². The normalized spacial score (nSPS) is 14.2. The number of benzene rings is 1. The van der Waals surface area contributed by atoms with Crippen molar-refractivity contribution in [1.29, 1.82) is 0 Å². The minimum Gasteiger partial charge on any atom is -0.481 e. The number of nitrogens with one attached hydrogen (secondary N) is 2. The predicted molar refractivity (Wildman–Crippen MR) is 78.4 cm³/mol. The molecule has 0 fully saturated rings. The van der Waals surface area contributed by atoms with Crippen LogP contribution in [0.1, 0.15) is 19.8 Å². The minimum absolute atomic E-state index is 0.0769. The Morgan fingerprint density at radius 2 is 2.38 bits per heavy atom. The first-order valence-corrected chi connectivity index (χ1v) is 6.50. The lowest BCUT2D eigenvalue weighted by atomic mass is 10.1. The fourth-order valence-electron chi connectivity index (χ4n) is 2.04. The fourth-order valence-corrected chi connectivity index (χ4v) is 2.04. The van der Waals surface area contributed by atoms with Gasteiger partial charge in [-0.15, -0.1) is 12.3 Å². The van der Waals surface area contributed by atoms with E-state index < -0.39 is 4.92 Å². The molecule has 0 bridgehead atoms. The topological polar surface area (TPSA) is 93.5 Å². The highest BCUT2D eigenvalue weighted by atomic mass is 16.6. The third-order valence-electron chi connectivity index (χ3n) is 3.14. The van der Waals surface area contributed by atoms with Gasteiger partial charge in [-0.1, -0.05) is 6.92 Å². The molecule has 0 radical (unpaired) electrons. The monoisotopic (exact) mass is 289 g/mol. The first kappa shape index (κ1) is 14.7. The standard InChI is InChI=1S/C14H15N3O4/c1-3-5-9(4-2)15-10-6-11-13(7-12(10)17(19)20)21-8-14(18)16-11/h1,6-7,9,15H,4-5,8H2,2H3,(H,16,18). The molecule has 110 valence electrons. The maximum Gasteiger partial charge on any atom is 0.296 e. The van der Waals surface area contributed by atoms with Gasteiger partial charge in [0.2, 0.25) is 0 Å². The van der Waals surface area contributed by atoms with Crippen molar-refractivity contribution in [1.82, 2.24) is 0 Å². The zero-order chi connectivity index (χ0) is 15.4. The largest absolute Gasteiger partial charge is 0.481 e. The highest BCUT2D eigenvalue weighted by molar-refractivity contribution is 5.96. The fraction of sp³-hybridized carbons (Fsp3) is 0.357. The van der Waals surface area contributed by atoms with Crippen LogP contribution in [0, 0.1) is 22.5 Å². The van der Waals surface area contributed by atoms with Gasteiger partial charge < -0.3 is 15.4 Å². The van der Waals surface area contributed by atoms with Crippen LogP contribution in [0.4, 0.5) is 17.1 Å². The van der Waals surface area contributed by atoms with Gasteiger partial charge in [0.05, 0.1) is 16.7 Å². The molecule has 7 heteroatoms. The van der Waals surface area contributed by atoms with Crippen LogP contribution >= 0.6 is 0 Å². The van der Waals surface area contributed by atoms with Gasteiger partial charge >= 0.3 is 0 Å². The number of ether oxygens (including phenoxy) is 1. The van der Waals surface area contributed by atoms with Crippen molar-refractivity contribution in [3.8, 4) is 18.1 Å². The first-order chi connectivity index (χ1) is 10.0. The lowest BCUT2D eigenvalue weighted by molar-refractivity contribution is -0.384. The molecule has 1 aliphatic rings. The molecule has 7 nitrogen and oxygen atoms in total. The molecule has 2 N–H and O–H groups in total. The number of amides is 1. The molecule has 0 aliphatic carbocycles. The average molecular weight is 289 g/mol. The number of hydrogen-bond acceptors (Lipinski definition) is 5. The summed E-state index contributed by atoms with van der Waals surface area (Å²) in [5, 5.41) is 16.9. The predicted octanol–water partition coefficient (Wildman–Crippen LogP) is 2.14. The van der Waals surface area contributed by atoms with Gasteiger partial charge in [-0.3, -0.25) is 14.9 Å². The number of carbonyl (C=O) groups excluding carboxylic acids is 1. The van der Waals surface area contributed by atoms with Crippen molar-refractivity contribution in [3.63, 3.8) is 0 Å². The Morgan fingerprint density at radius 1 is 1.62 bits per heavy atom. The van der Waals surface area contributed by atoms with Gasteiger partial charge in [-0.2, -0.15) is 0 Å². The summed E-state index contributed by atoms with van der Waals surface area (Å²) in [5.41, 5.74) is 0.613. The number of fused-ring (bicyclic) bond motifs is 1. The van der Waals surface area contributed by atoms with Gasteiger partial charge in [0.15, 0.2) is 12.4 Å². The third-order valence-corrected chi connectivity index (χ3v) is 3.14. The van der Waals surface area contributed by atoms with Crippen LogP contribution in [-0.4, -0.2) is 23.5 Å².